The highest BCUT2D eigenvalue weighted by atomic mass is 19.1. The lowest BCUT2D eigenvalue weighted by molar-refractivity contribution is -0.142. The molecule has 1 aliphatic heterocycles. The molecule has 1 aromatic carbocycles. The summed E-state index contributed by atoms with van der Waals surface area (Å²) >= 11 is 0. The van der Waals surface area contributed by atoms with Gasteiger partial charge in [-0.3, -0.25) is 9.59 Å². The van der Waals surface area contributed by atoms with Crippen molar-refractivity contribution >= 4 is 17.8 Å². The van der Waals surface area contributed by atoms with Crippen molar-refractivity contribution in [3.8, 4) is 0 Å². The topological polar surface area (TPSA) is 95.5 Å². The average molecular weight is 294 g/mol. The van der Waals surface area contributed by atoms with Crippen LogP contribution >= 0.6 is 0 Å². The normalized spacial score (nSPS) is 18.9. The molecule has 21 heavy (non-hydrogen) atoms. The molecule has 3 N–H and O–H groups in total. The molecule has 2 amide bonds. The van der Waals surface area contributed by atoms with Gasteiger partial charge in [0.1, 0.15) is 17.9 Å². The Balaban J connectivity index is 2.00. The van der Waals surface area contributed by atoms with E-state index in [4.69, 9.17) is 5.11 Å². The van der Waals surface area contributed by atoms with Crippen molar-refractivity contribution in [2.75, 3.05) is 0 Å². The fourth-order valence-corrected chi connectivity index (χ4v) is 2.18. The third kappa shape index (κ3) is 4.01. The second-order valence-corrected chi connectivity index (χ2v) is 4.89. The molecule has 1 aliphatic rings. The van der Waals surface area contributed by atoms with Crippen LogP contribution in [0.25, 0.3) is 0 Å². The van der Waals surface area contributed by atoms with Gasteiger partial charge >= 0.3 is 5.97 Å². The van der Waals surface area contributed by atoms with Crippen LogP contribution in [0.5, 0.6) is 0 Å². The second-order valence-electron chi connectivity index (χ2n) is 4.89. The molecule has 0 radical (unpaired) electrons. The molecule has 0 aromatic heterocycles. The van der Waals surface area contributed by atoms with Crippen LogP contribution in [0, 0.1) is 5.82 Å². The van der Waals surface area contributed by atoms with Crippen LogP contribution in [-0.2, 0) is 20.8 Å². The van der Waals surface area contributed by atoms with Crippen molar-refractivity contribution in [1.82, 2.24) is 10.6 Å². The first-order chi connectivity index (χ1) is 9.95. The van der Waals surface area contributed by atoms with Crippen LogP contribution in [0.1, 0.15) is 18.4 Å². The minimum atomic E-state index is -1.21. The van der Waals surface area contributed by atoms with E-state index in [0.29, 0.717) is 12.0 Å². The van der Waals surface area contributed by atoms with Gasteiger partial charge in [0.15, 0.2) is 0 Å². The van der Waals surface area contributed by atoms with Crippen LogP contribution in [-0.4, -0.2) is 35.0 Å². The Morgan fingerprint density at radius 2 is 2.24 bits per heavy atom. The molecule has 2 rings (SSSR count). The highest BCUT2D eigenvalue weighted by molar-refractivity contribution is 5.92. The largest absolute Gasteiger partial charge is 0.480 e. The van der Waals surface area contributed by atoms with Crippen LogP contribution in [0.15, 0.2) is 24.3 Å². The predicted octanol–water partition coefficient (Wildman–Crippen LogP) is 0.216. The highest BCUT2D eigenvalue weighted by Crippen LogP contribution is 2.09. The Hall–Kier alpha value is -2.44. The molecule has 0 unspecified atom stereocenters. The van der Waals surface area contributed by atoms with Gasteiger partial charge in [-0.15, -0.1) is 0 Å². The van der Waals surface area contributed by atoms with Gasteiger partial charge in [-0.2, -0.15) is 0 Å². The van der Waals surface area contributed by atoms with E-state index in [-0.39, 0.29) is 18.7 Å². The SMILES string of the molecule is O=C1CC[C@@H](C(=O)N[C@@H](Cc2cccc(F)c2)C(=O)O)N1. The summed E-state index contributed by atoms with van der Waals surface area (Å²) < 4.78 is 13.1. The molecular weight excluding hydrogens is 279 g/mol. The monoisotopic (exact) mass is 294 g/mol. The molecule has 1 aromatic rings. The molecule has 2 atom stereocenters. The van der Waals surface area contributed by atoms with Gasteiger partial charge < -0.3 is 15.7 Å². The molecule has 7 heteroatoms. The van der Waals surface area contributed by atoms with Gasteiger partial charge in [0, 0.05) is 12.8 Å². The van der Waals surface area contributed by atoms with Crippen LogP contribution < -0.4 is 10.6 Å². The van der Waals surface area contributed by atoms with E-state index >= 15 is 0 Å². The molecular formula is C14H15FN2O4. The van der Waals surface area contributed by atoms with Crippen molar-refractivity contribution in [1.29, 1.82) is 0 Å². The number of halogens is 1. The molecule has 0 saturated carbocycles. The second kappa shape index (κ2) is 6.34. The Labute approximate surface area is 120 Å². The first kappa shape index (κ1) is 15.0. The summed E-state index contributed by atoms with van der Waals surface area (Å²) in [4.78, 5) is 34.2. The quantitative estimate of drug-likeness (QED) is 0.723. The highest BCUT2D eigenvalue weighted by Gasteiger charge is 2.30. The Morgan fingerprint density at radius 3 is 2.81 bits per heavy atom. The molecule has 0 spiro atoms. The fourth-order valence-electron chi connectivity index (χ4n) is 2.18. The summed E-state index contributed by atoms with van der Waals surface area (Å²) in [5.74, 6) is -2.44. The first-order valence-corrected chi connectivity index (χ1v) is 6.52. The molecule has 112 valence electrons. The molecule has 0 bridgehead atoms. The average Bonchev–Trinajstić information content (AvgIpc) is 2.84. The minimum absolute atomic E-state index is 0.0283. The third-order valence-corrected chi connectivity index (χ3v) is 3.26. The smallest absolute Gasteiger partial charge is 0.326 e. The minimum Gasteiger partial charge on any atom is -0.480 e. The number of carboxylic acid groups (broad SMARTS) is 1. The number of rotatable bonds is 5. The maximum atomic E-state index is 13.1. The van der Waals surface area contributed by atoms with Gasteiger partial charge in [0.2, 0.25) is 11.8 Å². The zero-order chi connectivity index (χ0) is 15.4. The summed E-state index contributed by atoms with van der Waals surface area (Å²) in [5.41, 5.74) is 0.471. The zero-order valence-corrected chi connectivity index (χ0v) is 11.1. The van der Waals surface area contributed by atoms with E-state index in [2.05, 4.69) is 10.6 Å². The van der Waals surface area contributed by atoms with E-state index in [1.54, 1.807) is 6.07 Å². The lowest BCUT2D eigenvalue weighted by Gasteiger charge is -2.17. The number of hydrogen-bond acceptors (Lipinski definition) is 3. The lowest BCUT2D eigenvalue weighted by Crippen LogP contribution is -2.49. The Bertz CT molecular complexity index is 576. The number of benzene rings is 1. The maximum absolute atomic E-state index is 13.1. The summed E-state index contributed by atoms with van der Waals surface area (Å²) in [6.45, 7) is 0. The van der Waals surface area contributed by atoms with E-state index in [1.807, 2.05) is 0 Å². The number of amides is 2. The lowest BCUT2D eigenvalue weighted by atomic mass is 10.1. The summed E-state index contributed by atoms with van der Waals surface area (Å²) in [5, 5.41) is 14.0. The van der Waals surface area contributed by atoms with Crippen LogP contribution in [0.4, 0.5) is 4.39 Å². The third-order valence-electron chi connectivity index (χ3n) is 3.26. The Morgan fingerprint density at radius 1 is 1.48 bits per heavy atom. The maximum Gasteiger partial charge on any atom is 0.326 e. The molecule has 1 saturated heterocycles. The fraction of sp³-hybridized carbons (Fsp3) is 0.357. The number of aliphatic carboxylic acids is 1. The number of carboxylic acids is 1. The van der Waals surface area contributed by atoms with Crippen LogP contribution in [0.3, 0.4) is 0 Å². The standard InChI is InChI=1S/C14H15FN2O4/c15-9-3-1-2-8(6-9)7-11(14(20)21)17-13(19)10-4-5-12(18)16-10/h1-3,6,10-11H,4-5,7H2,(H,16,18)(H,17,19)(H,20,21)/t10-,11-/m0/s1. The van der Waals surface area contributed by atoms with Crippen molar-refractivity contribution < 1.29 is 23.9 Å². The van der Waals surface area contributed by atoms with Crippen molar-refractivity contribution in [2.24, 2.45) is 0 Å². The molecule has 1 fully saturated rings. The molecule has 0 aliphatic carbocycles. The number of nitrogens with one attached hydrogen (secondary N) is 2. The van der Waals surface area contributed by atoms with E-state index < -0.39 is 29.8 Å². The summed E-state index contributed by atoms with van der Waals surface area (Å²) in [6.07, 6.45) is 0.566. The zero-order valence-electron chi connectivity index (χ0n) is 11.1. The van der Waals surface area contributed by atoms with Gasteiger partial charge in [0.05, 0.1) is 0 Å². The summed E-state index contributed by atoms with van der Waals surface area (Å²) in [7, 11) is 0. The number of carbonyl (C=O) groups is 3. The number of hydrogen-bond donors (Lipinski definition) is 3. The van der Waals surface area contributed by atoms with E-state index in [0.717, 1.165) is 0 Å². The van der Waals surface area contributed by atoms with Gasteiger partial charge in [-0.05, 0) is 24.1 Å². The van der Waals surface area contributed by atoms with E-state index in [9.17, 15) is 18.8 Å². The van der Waals surface area contributed by atoms with Crippen molar-refractivity contribution in [3.63, 3.8) is 0 Å². The Kier molecular flexibility index (Phi) is 4.52. The van der Waals surface area contributed by atoms with E-state index in [1.165, 1.54) is 18.2 Å². The van der Waals surface area contributed by atoms with Gasteiger partial charge in [0.25, 0.3) is 0 Å². The summed E-state index contributed by atoms with van der Waals surface area (Å²) in [6, 6.07) is 3.67. The van der Waals surface area contributed by atoms with Crippen molar-refractivity contribution in [3.05, 3.63) is 35.6 Å². The predicted molar refractivity (Wildman–Crippen MR) is 70.8 cm³/mol. The van der Waals surface area contributed by atoms with Crippen molar-refractivity contribution in [2.45, 2.75) is 31.3 Å². The van der Waals surface area contributed by atoms with Gasteiger partial charge in [-0.25, -0.2) is 9.18 Å². The first-order valence-electron chi connectivity index (χ1n) is 6.52. The number of carbonyl (C=O) groups excluding carboxylic acids is 2. The molecule has 1 heterocycles. The molecule has 6 nitrogen and oxygen atoms in total. The van der Waals surface area contributed by atoms with Crippen LogP contribution in [0.2, 0.25) is 0 Å². The van der Waals surface area contributed by atoms with Gasteiger partial charge in [-0.1, -0.05) is 12.1 Å².